The van der Waals surface area contributed by atoms with Crippen LogP contribution in [0.4, 0.5) is 14.9 Å². The number of carbonyl (C=O) groups excluding carboxylic acids is 1. The summed E-state index contributed by atoms with van der Waals surface area (Å²) in [6.45, 7) is 4.16. The van der Waals surface area contributed by atoms with E-state index in [1.54, 1.807) is 42.5 Å². The van der Waals surface area contributed by atoms with Crippen molar-refractivity contribution in [2.45, 2.75) is 45.2 Å². The number of aromatic nitrogens is 2. The van der Waals surface area contributed by atoms with E-state index in [1.165, 1.54) is 6.07 Å². The lowest BCUT2D eigenvalue weighted by Crippen LogP contribution is -2.57. The van der Waals surface area contributed by atoms with Crippen molar-refractivity contribution in [1.82, 2.24) is 15.1 Å². The number of ether oxygens (including phenoxy) is 2. The van der Waals surface area contributed by atoms with Crippen molar-refractivity contribution in [2.75, 3.05) is 12.8 Å². The fourth-order valence-electron chi connectivity index (χ4n) is 3.96. The van der Waals surface area contributed by atoms with Gasteiger partial charge in [0.05, 0.1) is 24.9 Å². The molecule has 0 atom stereocenters. The summed E-state index contributed by atoms with van der Waals surface area (Å²) in [7, 11) is 1.56. The van der Waals surface area contributed by atoms with Gasteiger partial charge in [0.25, 0.3) is 0 Å². The van der Waals surface area contributed by atoms with Gasteiger partial charge in [-0.2, -0.15) is 5.10 Å². The van der Waals surface area contributed by atoms with Gasteiger partial charge in [0, 0.05) is 23.4 Å². The van der Waals surface area contributed by atoms with Crippen LogP contribution in [0.25, 0.3) is 0 Å². The lowest BCUT2D eigenvalue weighted by atomic mass is 9.69. The second kappa shape index (κ2) is 10.8. The van der Waals surface area contributed by atoms with Crippen molar-refractivity contribution in [2.24, 2.45) is 0 Å². The summed E-state index contributed by atoms with van der Waals surface area (Å²) in [6.07, 6.45) is 3.94. The van der Waals surface area contributed by atoms with Crippen molar-refractivity contribution in [3.8, 4) is 11.6 Å². The van der Waals surface area contributed by atoms with Crippen LogP contribution in [-0.2, 0) is 12.1 Å². The SMILES string of the molecule is CC.COc1cccnn1.Nc1cccc(CN2C(=O)Oc3ccccc3C23CCC3)c1F. The number of nitrogens with zero attached hydrogens (tertiary/aromatic N) is 3. The fraction of sp³-hybridized carbons (Fsp3) is 0.320. The van der Waals surface area contributed by atoms with Crippen LogP contribution in [0.15, 0.2) is 60.8 Å². The number of amides is 1. The van der Waals surface area contributed by atoms with Gasteiger partial charge in [-0.3, -0.25) is 4.90 Å². The number of halogens is 1. The summed E-state index contributed by atoms with van der Waals surface area (Å²) in [6, 6.07) is 16.0. The fourth-order valence-corrected chi connectivity index (χ4v) is 3.96. The molecule has 7 nitrogen and oxygen atoms in total. The highest BCUT2D eigenvalue weighted by Gasteiger charge is 2.51. The number of hydrogen-bond acceptors (Lipinski definition) is 6. The number of rotatable bonds is 3. The van der Waals surface area contributed by atoms with Crippen molar-refractivity contribution in [3.05, 3.63) is 77.7 Å². The average Bonchev–Trinajstić information content (AvgIpc) is 2.83. The third kappa shape index (κ3) is 4.89. The van der Waals surface area contributed by atoms with Gasteiger partial charge in [0.1, 0.15) is 5.75 Å². The zero-order chi connectivity index (χ0) is 23.8. The summed E-state index contributed by atoms with van der Waals surface area (Å²) in [5, 5.41) is 7.21. The molecule has 1 aliphatic heterocycles. The minimum atomic E-state index is -0.464. The first-order chi connectivity index (χ1) is 16.0. The number of methoxy groups -OCH3 is 1. The van der Waals surface area contributed by atoms with E-state index in [4.69, 9.17) is 15.2 Å². The number of nitrogens with two attached hydrogens (primary N) is 1. The number of anilines is 1. The number of benzene rings is 2. The number of hydrogen-bond donors (Lipinski definition) is 1. The molecular weight excluding hydrogens is 423 g/mol. The summed E-state index contributed by atoms with van der Waals surface area (Å²) in [5.41, 5.74) is 6.77. The van der Waals surface area contributed by atoms with Gasteiger partial charge in [-0.15, -0.1) is 5.10 Å². The third-order valence-electron chi connectivity index (χ3n) is 5.70. The lowest BCUT2D eigenvalue weighted by Gasteiger charge is -2.52. The Hall–Kier alpha value is -3.68. The van der Waals surface area contributed by atoms with Crippen molar-refractivity contribution in [3.63, 3.8) is 0 Å². The van der Waals surface area contributed by atoms with E-state index >= 15 is 0 Å². The first kappa shape index (κ1) is 24.0. The van der Waals surface area contributed by atoms with Gasteiger partial charge in [0.15, 0.2) is 5.82 Å². The molecule has 1 aliphatic carbocycles. The Labute approximate surface area is 193 Å². The standard InChI is InChI=1S/C18H17FN2O2.C5H6N2O.C2H6/c19-16-12(5-3-7-14(16)20)11-21-17(22)23-15-8-2-1-6-13(15)18(21)9-4-10-18;1-8-5-3-2-4-6-7-5;1-2/h1-3,5-8H,4,9-11,20H2;2-4H,1H3;1-2H3. The highest BCUT2D eigenvalue weighted by Crippen LogP contribution is 2.52. The van der Waals surface area contributed by atoms with Crippen LogP contribution in [0.1, 0.15) is 44.2 Å². The van der Waals surface area contributed by atoms with Crippen molar-refractivity contribution < 1.29 is 18.7 Å². The zero-order valence-corrected chi connectivity index (χ0v) is 19.1. The Balaban J connectivity index is 0.000000258. The molecule has 0 bridgehead atoms. The Kier molecular flexibility index (Phi) is 7.82. The molecule has 1 amide bonds. The second-order valence-electron chi connectivity index (χ2n) is 7.42. The second-order valence-corrected chi connectivity index (χ2v) is 7.42. The van der Waals surface area contributed by atoms with Gasteiger partial charge in [-0.05, 0) is 37.5 Å². The van der Waals surface area contributed by atoms with E-state index < -0.39 is 11.9 Å². The first-order valence-electron chi connectivity index (χ1n) is 11.0. The summed E-state index contributed by atoms with van der Waals surface area (Å²) in [4.78, 5) is 14.2. The van der Waals surface area contributed by atoms with Crippen LogP contribution in [0, 0.1) is 5.82 Å². The topological polar surface area (TPSA) is 90.6 Å². The van der Waals surface area contributed by atoms with Crippen LogP contribution in [0.5, 0.6) is 11.6 Å². The maximum Gasteiger partial charge on any atom is 0.416 e. The Morgan fingerprint density at radius 2 is 1.88 bits per heavy atom. The Bertz CT molecular complexity index is 1070. The van der Waals surface area contributed by atoms with Gasteiger partial charge < -0.3 is 15.2 Å². The quantitative estimate of drug-likeness (QED) is 0.542. The van der Waals surface area contributed by atoms with Crippen LogP contribution >= 0.6 is 0 Å². The lowest BCUT2D eigenvalue weighted by molar-refractivity contribution is 0.00121. The van der Waals surface area contributed by atoms with Gasteiger partial charge in [-0.25, -0.2) is 9.18 Å². The molecule has 5 rings (SSSR count). The minimum absolute atomic E-state index is 0.0935. The zero-order valence-electron chi connectivity index (χ0n) is 19.1. The molecule has 2 N–H and O–H groups in total. The van der Waals surface area contributed by atoms with E-state index in [0.29, 0.717) is 17.2 Å². The number of fused-ring (bicyclic) bond motifs is 2. The largest absolute Gasteiger partial charge is 0.480 e. The van der Waals surface area contributed by atoms with E-state index in [-0.39, 0.29) is 17.8 Å². The number of carbonyl (C=O) groups is 1. The first-order valence-corrected chi connectivity index (χ1v) is 11.0. The molecule has 1 saturated carbocycles. The molecule has 0 unspecified atom stereocenters. The maximum absolute atomic E-state index is 14.2. The molecule has 0 radical (unpaired) electrons. The summed E-state index contributed by atoms with van der Waals surface area (Å²) >= 11 is 0. The van der Waals surface area contributed by atoms with Crippen LogP contribution in [0.2, 0.25) is 0 Å². The van der Waals surface area contributed by atoms with Gasteiger partial charge in [-0.1, -0.05) is 44.2 Å². The van der Waals surface area contributed by atoms with Gasteiger partial charge in [0.2, 0.25) is 5.88 Å². The van der Waals surface area contributed by atoms with E-state index in [1.807, 2.05) is 38.1 Å². The Morgan fingerprint density at radius 1 is 1.12 bits per heavy atom. The van der Waals surface area contributed by atoms with Crippen molar-refractivity contribution in [1.29, 1.82) is 0 Å². The highest BCUT2D eigenvalue weighted by atomic mass is 19.1. The molecule has 0 saturated heterocycles. The molecule has 174 valence electrons. The van der Waals surface area contributed by atoms with E-state index in [0.717, 1.165) is 24.8 Å². The molecule has 8 heteroatoms. The summed E-state index contributed by atoms with van der Waals surface area (Å²) < 4.78 is 24.4. The molecule has 33 heavy (non-hydrogen) atoms. The Morgan fingerprint density at radius 3 is 2.48 bits per heavy atom. The molecule has 2 heterocycles. The van der Waals surface area contributed by atoms with Gasteiger partial charge >= 0.3 is 6.09 Å². The molecule has 1 fully saturated rings. The smallest absolute Gasteiger partial charge is 0.416 e. The molecule has 2 aliphatic rings. The number of para-hydroxylation sites is 1. The van der Waals surface area contributed by atoms with E-state index in [2.05, 4.69) is 10.2 Å². The average molecular weight is 453 g/mol. The summed E-state index contributed by atoms with van der Waals surface area (Å²) in [5.74, 6) is 0.697. The highest BCUT2D eigenvalue weighted by molar-refractivity contribution is 5.76. The minimum Gasteiger partial charge on any atom is -0.480 e. The van der Waals surface area contributed by atoms with Crippen molar-refractivity contribution >= 4 is 11.8 Å². The molecule has 2 aromatic carbocycles. The molecule has 1 spiro atoms. The van der Waals surface area contributed by atoms with Crippen LogP contribution in [0.3, 0.4) is 0 Å². The van der Waals surface area contributed by atoms with Crippen LogP contribution in [-0.4, -0.2) is 28.3 Å². The number of nitrogen functional groups attached to an aromatic ring is 1. The molecule has 1 aromatic heterocycles. The van der Waals surface area contributed by atoms with E-state index in [9.17, 15) is 9.18 Å². The van der Waals surface area contributed by atoms with Crippen LogP contribution < -0.4 is 15.2 Å². The maximum atomic E-state index is 14.2. The third-order valence-corrected chi connectivity index (χ3v) is 5.70. The molecule has 3 aromatic rings. The monoisotopic (exact) mass is 452 g/mol. The predicted octanol–water partition coefficient (Wildman–Crippen LogP) is 5.31. The molecular formula is C25H29FN4O3. The normalized spacial score (nSPS) is 15.0. The predicted molar refractivity (Wildman–Crippen MR) is 124 cm³/mol.